The second-order valence-corrected chi connectivity index (χ2v) is 12.3. The molecule has 0 saturated carbocycles. The van der Waals surface area contributed by atoms with Crippen molar-refractivity contribution in [2.75, 3.05) is 26.9 Å². The van der Waals surface area contributed by atoms with Crippen molar-refractivity contribution in [3.05, 3.63) is 119 Å². The molecule has 1 atom stereocenters. The first-order valence-electron chi connectivity index (χ1n) is 15.0. The smallest absolute Gasteiger partial charge is 0.343 e. The molecule has 1 aliphatic rings. The molecule has 48 heavy (non-hydrogen) atoms. The predicted molar refractivity (Wildman–Crippen MR) is 180 cm³/mol. The molecule has 1 aliphatic heterocycles. The van der Waals surface area contributed by atoms with Gasteiger partial charge >= 0.3 is 11.9 Å². The van der Waals surface area contributed by atoms with Crippen LogP contribution in [0.1, 0.15) is 43.5 Å². The number of allylic oxidation sites excluding steroid dienone is 1. The minimum absolute atomic E-state index is 0.133. The number of benzene rings is 3. The van der Waals surface area contributed by atoms with E-state index in [0.29, 0.717) is 60.0 Å². The number of carbonyl (C=O) groups excluding carboxylic acids is 2. The van der Waals surface area contributed by atoms with Crippen LogP contribution in [0.25, 0.3) is 6.08 Å². The van der Waals surface area contributed by atoms with Crippen LogP contribution in [-0.2, 0) is 25.7 Å². The average molecular weight is 740 g/mol. The summed E-state index contributed by atoms with van der Waals surface area (Å²) in [5.74, 6) is -0.323. The van der Waals surface area contributed by atoms with Crippen LogP contribution in [0.2, 0.25) is 0 Å². The molecule has 13 heteroatoms. The van der Waals surface area contributed by atoms with Crippen LogP contribution in [0.15, 0.2) is 86.2 Å². The average Bonchev–Trinajstić information content (AvgIpc) is 3.36. The summed E-state index contributed by atoms with van der Waals surface area (Å²) in [5.41, 5.74) is 2.23. The lowest BCUT2D eigenvalue weighted by atomic mass is 9.95. The van der Waals surface area contributed by atoms with E-state index in [-0.39, 0.29) is 36.8 Å². The SMILES string of the molecule is CCOC(=O)C1=C(C)N=c2s/c(=C\c3ccc(OCc4cccc(F)c4)c(Br)c3)c(=O)n2[C@H]1c1ccc(OCC(=O)OC)c(OCC)c1. The van der Waals surface area contributed by atoms with Crippen molar-refractivity contribution in [1.82, 2.24) is 4.57 Å². The van der Waals surface area contributed by atoms with Crippen LogP contribution >= 0.6 is 27.3 Å². The summed E-state index contributed by atoms with van der Waals surface area (Å²) in [6.45, 7) is 5.49. The summed E-state index contributed by atoms with van der Waals surface area (Å²) in [6.07, 6.45) is 1.74. The summed E-state index contributed by atoms with van der Waals surface area (Å²) >= 11 is 4.72. The molecule has 0 N–H and O–H groups in total. The lowest BCUT2D eigenvalue weighted by Gasteiger charge is -2.25. The number of ether oxygens (including phenoxy) is 5. The quantitative estimate of drug-likeness (QED) is 0.182. The molecular formula is C35H32BrFN2O8S. The highest BCUT2D eigenvalue weighted by molar-refractivity contribution is 9.10. The second kappa shape index (κ2) is 15.4. The molecule has 10 nitrogen and oxygen atoms in total. The predicted octanol–water partition coefficient (Wildman–Crippen LogP) is 5.23. The van der Waals surface area contributed by atoms with Gasteiger partial charge in [-0.25, -0.2) is 19.0 Å². The van der Waals surface area contributed by atoms with Gasteiger partial charge in [0.15, 0.2) is 22.9 Å². The van der Waals surface area contributed by atoms with Gasteiger partial charge in [-0.2, -0.15) is 0 Å². The van der Waals surface area contributed by atoms with Crippen molar-refractivity contribution in [3.63, 3.8) is 0 Å². The Kier molecular flexibility index (Phi) is 11.1. The number of hydrogen-bond acceptors (Lipinski definition) is 10. The molecule has 0 aliphatic carbocycles. The molecule has 250 valence electrons. The first-order valence-corrected chi connectivity index (χ1v) is 16.6. The molecule has 5 rings (SSSR count). The van der Waals surface area contributed by atoms with Crippen LogP contribution < -0.4 is 29.1 Å². The summed E-state index contributed by atoms with van der Waals surface area (Å²) in [5, 5.41) is 0. The molecule has 3 aromatic carbocycles. The Morgan fingerprint density at radius 2 is 1.79 bits per heavy atom. The highest BCUT2D eigenvalue weighted by Crippen LogP contribution is 2.36. The number of hydrogen-bond donors (Lipinski definition) is 0. The van der Waals surface area contributed by atoms with Crippen molar-refractivity contribution in [3.8, 4) is 17.2 Å². The zero-order valence-corrected chi connectivity index (χ0v) is 29.0. The Hall–Kier alpha value is -4.75. The summed E-state index contributed by atoms with van der Waals surface area (Å²) < 4.78 is 43.5. The number of halogens is 2. The maximum Gasteiger partial charge on any atom is 0.343 e. The summed E-state index contributed by atoms with van der Waals surface area (Å²) in [7, 11) is 1.26. The van der Waals surface area contributed by atoms with Crippen molar-refractivity contribution in [2.45, 2.75) is 33.4 Å². The van der Waals surface area contributed by atoms with Crippen LogP contribution in [0.3, 0.4) is 0 Å². The number of methoxy groups -OCH3 is 1. The lowest BCUT2D eigenvalue weighted by Crippen LogP contribution is -2.40. The monoisotopic (exact) mass is 738 g/mol. The number of nitrogens with zero attached hydrogens (tertiary/aromatic N) is 2. The normalized spacial score (nSPS) is 14.2. The van der Waals surface area contributed by atoms with Crippen molar-refractivity contribution < 1.29 is 37.7 Å². The molecule has 0 fully saturated rings. The van der Waals surface area contributed by atoms with Crippen LogP contribution in [0.5, 0.6) is 17.2 Å². The molecule has 2 heterocycles. The maximum absolute atomic E-state index is 14.1. The van der Waals surface area contributed by atoms with E-state index in [2.05, 4.69) is 25.7 Å². The van der Waals surface area contributed by atoms with E-state index < -0.39 is 18.0 Å². The van der Waals surface area contributed by atoms with Gasteiger partial charge in [0, 0.05) is 0 Å². The van der Waals surface area contributed by atoms with E-state index in [0.717, 1.165) is 0 Å². The Morgan fingerprint density at radius 1 is 1.00 bits per heavy atom. The van der Waals surface area contributed by atoms with Crippen LogP contribution in [0.4, 0.5) is 4.39 Å². The maximum atomic E-state index is 14.1. The van der Waals surface area contributed by atoms with E-state index in [4.69, 9.17) is 18.9 Å². The number of carbonyl (C=O) groups is 2. The number of fused-ring (bicyclic) bond motifs is 1. The molecule has 0 unspecified atom stereocenters. The third-order valence-electron chi connectivity index (χ3n) is 7.21. The van der Waals surface area contributed by atoms with Crippen molar-refractivity contribution in [1.29, 1.82) is 0 Å². The van der Waals surface area contributed by atoms with Crippen molar-refractivity contribution in [2.24, 2.45) is 4.99 Å². The molecule has 4 aromatic rings. The number of aromatic nitrogens is 1. The van der Waals surface area contributed by atoms with Crippen molar-refractivity contribution >= 4 is 45.3 Å². The summed E-state index contributed by atoms with van der Waals surface area (Å²) in [6, 6.07) is 15.7. The van der Waals surface area contributed by atoms with Crippen LogP contribution in [-0.4, -0.2) is 43.4 Å². The highest BCUT2D eigenvalue weighted by Gasteiger charge is 2.34. The van der Waals surface area contributed by atoms with Gasteiger partial charge in [-0.3, -0.25) is 9.36 Å². The van der Waals surface area contributed by atoms with E-state index in [1.165, 1.54) is 35.1 Å². The van der Waals surface area contributed by atoms with Gasteiger partial charge in [0.2, 0.25) is 0 Å². The molecule has 0 spiro atoms. The fourth-order valence-electron chi connectivity index (χ4n) is 5.05. The first kappa shape index (κ1) is 34.6. The van der Waals surface area contributed by atoms with E-state index in [1.807, 2.05) is 6.07 Å². The van der Waals surface area contributed by atoms with E-state index in [1.54, 1.807) is 69.3 Å². The zero-order valence-electron chi connectivity index (χ0n) is 26.6. The van der Waals surface area contributed by atoms with Crippen LogP contribution in [0, 0.1) is 5.82 Å². The van der Waals surface area contributed by atoms with Gasteiger partial charge in [-0.1, -0.05) is 35.6 Å². The number of rotatable bonds is 12. The van der Waals surface area contributed by atoms with Gasteiger partial charge in [0.05, 0.1) is 46.6 Å². The second-order valence-electron chi connectivity index (χ2n) is 10.4. The molecule has 0 amide bonds. The lowest BCUT2D eigenvalue weighted by molar-refractivity contribution is -0.143. The number of thiazole rings is 1. The van der Waals surface area contributed by atoms with Gasteiger partial charge in [-0.15, -0.1) is 0 Å². The molecule has 0 radical (unpaired) electrons. The van der Waals surface area contributed by atoms with Gasteiger partial charge < -0.3 is 23.7 Å². The Bertz CT molecular complexity index is 2070. The van der Waals surface area contributed by atoms with E-state index in [9.17, 15) is 18.8 Å². The van der Waals surface area contributed by atoms with Gasteiger partial charge in [0.1, 0.15) is 18.2 Å². The Balaban J connectivity index is 1.54. The standard InChI is InChI=1S/C35H32BrFN2O8S/c1-5-44-28-17-23(11-13-27(28)47-19-30(40)43-4)32-31(34(42)45-6-2)20(3)38-35-39(32)33(41)29(48-35)16-21-10-12-26(25(36)15-21)46-18-22-8-7-9-24(37)14-22/h7-17,32H,5-6,18-19H2,1-4H3/b29-16-/t32-/m0/s1. The topological polar surface area (TPSA) is 115 Å². The molecule has 0 bridgehead atoms. The fourth-order valence-corrected chi connectivity index (χ4v) is 6.61. The van der Waals surface area contributed by atoms with Gasteiger partial charge in [-0.05, 0) is 95.9 Å². The summed E-state index contributed by atoms with van der Waals surface area (Å²) in [4.78, 5) is 44.2. The van der Waals surface area contributed by atoms with Gasteiger partial charge in [0.25, 0.3) is 5.56 Å². The molecule has 0 saturated heterocycles. The Labute approximate surface area is 287 Å². The molecular weight excluding hydrogens is 707 g/mol. The Morgan fingerprint density at radius 3 is 2.50 bits per heavy atom. The third kappa shape index (κ3) is 7.69. The highest BCUT2D eigenvalue weighted by atomic mass is 79.9. The minimum atomic E-state index is -0.887. The van der Waals surface area contributed by atoms with E-state index >= 15 is 0 Å². The molecule has 1 aromatic heterocycles. The number of esters is 2. The third-order valence-corrected chi connectivity index (χ3v) is 8.81. The first-order chi connectivity index (χ1) is 23.1. The largest absolute Gasteiger partial charge is 0.490 e. The fraction of sp³-hybridized carbons (Fsp3) is 0.257. The zero-order chi connectivity index (χ0) is 34.4. The minimum Gasteiger partial charge on any atom is -0.490 e.